The Labute approximate surface area is 136 Å². The maximum Gasteiger partial charge on any atom is 0.244 e. The summed E-state index contributed by atoms with van der Waals surface area (Å²) in [6, 6.07) is 7.57. The van der Waals surface area contributed by atoms with E-state index in [4.69, 9.17) is 0 Å². The average Bonchev–Trinajstić information content (AvgIpc) is 2.79. The van der Waals surface area contributed by atoms with Crippen molar-refractivity contribution in [1.82, 2.24) is 9.97 Å². The maximum absolute atomic E-state index is 12.6. The predicted octanol–water partition coefficient (Wildman–Crippen LogP) is 1.82. The molecule has 7 heteroatoms. The van der Waals surface area contributed by atoms with Gasteiger partial charge in [0.2, 0.25) is 5.91 Å². The van der Waals surface area contributed by atoms with Crippen LogP contribution in [-0.2, 0) is 4.79 Å². The molecule has 5 nitrogen and oxygen atoms in total. The molecule has 3 atom stereocenters. The van der Waals surface area contributed by atoms with Gasteiger partial charge in [-0.05, 0) is 31.2 Å². The summed E-state index contributed by atoms with van der Waals surface area (Å²) >= 11 is 3.31. The van der Waals surface area contributed by atoms with Crippen molar-refractivity contribution in [3.8, 4) is 0 Å². The molecular formula is C15H15N3O2S2. The number of carbonyl (C=O) groups excluding carboxylic acids is 1. The minimum Gasteiger partial charge on any atom is -0.372 e. The number of rotatable bonds is 1. The molecule has 2 aliphatic heterocycles. The minimum atomic E-state index is -0.815. The van der Waals surface area contributed by atoms with Gasteiger partial charge in [-0.2, -0.15) is 11.8 Å². The van der Waals surface area contributed by atoms with Gasteiger partial charge in [-0.1, -0.05) is 0 Å². The van der Waals surface area contributed by atoms with Crippen molar-refractivity contribution in [3.05, 3.63) is 30.0 Å². The van der Waals surface area contributed by atoms with Crippen LogP contribution in [0.5, 0.6) is 0 Å². The molecule has 0 bridgehead atoms. The van der Waals surface area contributed by atoms with Crippen LogP contribution in [0.1, 0.15) is 5.69 Å². The van der Waals surface area contributed by atoms with E-state index < -0.39 is 6.23 Å². The molecule has 0 spiro atoms. The Morgan fingerprint density at radius 3 is 2.77 bits per heavy atom. The van der Waals surface area contributed by atoms with E-state index in [1.54, 1.807) is 29.6 Å². The van der Waals surface area contributed by atoms with Crippen LogP contribution in [0.15, 0.2) is 24.3 Å². The van der Waals surface area contributed by atoms with E-state index in [0.717, 1.165) is 22.6 Å². The van der Waals surface area contributed by atoms with E-state index in [-0.39, 0.29) is 16.4 Å². The second kappa shape index (κ2) is 5.40. The molecule has 4 heterocycles. The summed E-state index contributed by atoms with van der Waals surface area (Å²) in [6.07, 6.45) is -0.815. The van der Waals surface area contributed by atoms with Crippen molar-refractivity contribution in [3.63, 3.8) is 0 Å². The third-order valence-electron chi connectivity index (χ3n) is 3.95. The Morgan fingerprint density at radius 1 is 1.18 bits per heavy atom. The van der Waals surface area contributed by atoms with E-state index in [1.165, 1.54) is 4.90 Å². The number of aliphatic hydroxyl groups excluding tert-OH is 1. The van der Waals surface area contributed by atoms with Crippen molar-refractivity contribution in [2.45, 2.75) is 23.7 Å². The third-order valence-corrected chi connectivity index (χ3v) is 7.02. The van der Waals surface area contributed by atoms with Crippen LogP contribution in [0.4, 0.5) is 5.82 Å². The summed E-state index contributed by atoms with van der Waals surface area (Å²) in [4.78, 5) is 23.0. The molecule has 0 radical (unpaired) electrons. The highest BCUT2D eigenvalue weighted by Gasteiger charge is 2.50. The lowest BCUT2D eigenvalue weighted by Gasteiger charge is -2.24. The molecule has 3 unspecified atom stereocenters. The van der Waals surface area contributed by atoms with E-state index in [0.29, 0.717) is 11.5 Å². The Hall–Kier alpha value is -1.31. The van der Waals surface area contributed by atoms with Crippen molar-refractivity contribution in [2.75, 3.05) is 16.4 Å². The molecule has 2 fully saturated rings. The number of thioether (sulfide) groups is 2. The third kappa shape index (κ3) is 2.19. The number of fused-ring (bicyclic) bond motifs is 2. The first kappa shape index (κ1) is 14.3. The second-order valence-electron chi connectivity index (χ2n) is 5.42. The van der Waals surface area contributed by atoms with Gasteiger partial charge in [-0.3, -0.25) is 9.69 Å². The highest BCUT2D eigenvalue weighted by Crippen LogP contribution is 2.41. The average molecular weight is 333 g/mol. The van der Waals surface area contributed by atoms with E-state index in [9.17, 15) is 9.90 Å². The molecule has 22 heavy (non-hydrogen) atoms. The topological polar surface area (TPSA) is 66.3 Å². The van der Waals surface area contributed by atoms with E-state index >= 15 is 0 Å². The zero-order valence-electron chi connectivity index (χ0n) is 12.0. The molecule has 0 aromatic carbocycles. The first-order valence-electron chi connectivity index (χ1n) is 7.14. The lowest BCUT2D eigenvalue weighted by atomic mass is 10.2. The van der Waals surface area contributed by atoms with Crippen LogP contribution in [0, 0.1) is 6.92 Å². The van der Waals surface area contributed by atoms with Gasteiger partial charge in [0.15, 0.2) is 5.65 Å². The molecule has 1 amide bonds. The highest BCUT2D eigenvalue weighted by atomic mass is 32.2. The van der Waals surface area contributed by atoms with Crippen molar-refractivity contribution >= 4 is 46.3 Å². The van der Waals surface area contributed by atoms with Crippen LogP contribution in [-0.4, -0.2) is 49.2 Å². The molecule has 2 aromatic heterocycles. The molecule has 114 valence electrons. The van der Waals surface area contributed by atoms with Gasteiger partial charge in [0, 0.05) is 22.6 Å². The predicted molar refractivity (Wildman–Crippen MR) is 90.3 cm³/mol. The second-order valence-corrected chi connectivity index (χ2v) is 7.95. The SMILES string of the molecule is Cc1ccc2ccc(N3C(=O)C4SCCSC4C3O)nc2n1. The van der Waals surface area contributed by atoms with Crippen molar-refractivity contribution in [2.24, 2.45) is 0 Å². The fourth-order valence-electron chi connectivity index (χ4n) is 2.88. The number of hydrogen-bond donors (Lipinski definition) is 1. The maximum atomic E-state index is 12.6. The van der Waals surface area contributed by atoms with Gasteiger partial charge < -0.3 is 5.11 Å². The van der Waals surface area contributed by atoms with E-state index in [2.05, 4.69) is 9.97 Å². The van der Waals surface area contributed by atoms with Gasteiger partial charge in [-0.25, -0.2) is 9.97 Å². The Morgan fingerprint density at radius 2 is 1.95 bits per heavy atom. The Bertz CT molecular complexity index is 755. The van der Waals surface area contributed by atoms with Gasteiger partial charge >= 0.3 is 0 Å². The lowest BCUT2D eigenvalue weighted by molar-refractivity contribution is -0.117. The van der Waals surface area contributed by atoms with Crippen LogP contribution in [0.3, 0.4) is 0 Å². The Kier molecular flexibility index (Phi) is 3.51. The molecular weight excluding hydrogens is 318 g/mol. The number of pyridine rings is 2. The highest BCUT2D eigenvalue weighted by molar-refractivity contribution is 8.07. The molecule has 1 N–H and O–H groups in total. The quantitative estimate of drug-likeness (QED) is 0.859. The zero-order chi connectivity index (χ0) is 15.3. The molecule has 4 rings (SSSR count). The van der Waals surface area contributed by atoms with Crippen LogP contribution >= 0.6 is 23.5 Å². The van der Waals surface area contributed by atoms with Crippen LogP contribution in [0.25, 0.3) is 11.0 Å². The summed E-state index contributed by atoms with van der Waals surface area (Å²) in [5.41, 5.74) is 1.48. The summed E-state index contributed by atoms with van der Waals surface area (Å²) in [7, 11) is 0. The first-order valence-corrected chi connectivity index (χ1v) is 9.24. The summed E-state index contributed by atoms with van der Waals surface area (Å²) in [5.74, 6) is 2.35. The standard InChI is InChI=1S/C15H15N3O2S2/c1-8-2-3-9-4-5-10(17-13(9)16-8)18-14(19)11-12(15(18)20)22-7-6-21-11/h2-5,11-12,14,19H,6-7H2,1H3. The number of hydrogen-bond acceptors (Lipinski definition) is 6. The number of aryl methyl sites for hydroxylation is 1. The molecule has 2 saturated heterocycles. The van der Waals surface area contributed by atoms with Gasteiger partial charge in [0.25, 0.3) is 0 Å². The number of nitrogens with zero attached hydrogens (tertiary/aromatic N) is 3. The van der Waals surface area contributed by atoms with Gasteiger partial charge in [0.1, 0.15) is 17.3 Å². The van der Waals surface area contributed by atoms with Crippen molar-refractivity contribution in [1.29, 1.82) is 0 Å². The van der Waals surface area contributed by atoms with E-state index in [1.807, 2.05) is 25.1 Å². The molecule has 0 aliphatic carbocycles. The zero-order valence-corrected chi connectivity index (χ0v) is 13.6. The first-order chi connectivity index (χ1) is 10.6. The number of anilines is 1. The van der Waals surface area contributed by atoms with Gasteiger partial charge in [0.05, 0.1) is 5.25 Å². The fourth-order valence-corrected chi connectivity index (χ4v) is 5.81. The largest absolute Gasteiger partial charge is 0.372 e. The van der Waals surface area contributed by atoms with Gasteiger partial charge in [-0.15, -0.1) is 11.8 Å². The summed E-state index contributed by atoms with van der Waals surface area (Å²) < 4.78 is 0. The summed E-state index contributed by atoms with van der Waals surface area (Å²) in [6.45, 7) is 1.91. The van der Waals surface area contributed by atoms with Crippen LogP contribution < -0.4 is 4.90 Å². The molecule has 2 aromatic rings. The summed E-state index contributed by atoms with van der Waals surface area (Å²) in [5, 5.41) is 11.2. The smallest absolute Gasteiger partial charge is 0.244 e. The lowest BCUT2D eigenvalue weighted by Crippen LogP contribution is -2.36. The number of amides is 1. The number of carbonyl (C=O) groups is 1. The fraction of sp³-hybridized carbons (Fsp3) is 0.400. The van der Waals surface area contributed by atoms with Crippen molar-refractivity contribution < 1.29 is 9.90 Å². The normalized spacial score (nSPS) is 28.2. The Balaban J connectivity index is 1.76. The number of aromatic nitrogens is 2. The number of aliphatic hydroxyl groups is 1. The van der Waals surface area contributed by atoms with Crippen LogP contribution in [0.2, 0.25) is 0 Å². The molecule has 0 saturated carbocycles. The molecule has 2 aliphatic rings. The minimum absolute atomic E-state index is 0.0470. The monoisotopic (exact) mass is 333 g/mol.